The van der Waals surface area contributed by atoms with Crippen LogP contribution in [-0.2, 0) is 6.54 Å². The normalized spacial score (nSPS) is 25.2. The van der Waals surface area contributed by atoms with Crippen LogP contribution in [0.5, 0.6) is 0 Å². The third kappa shape index (κ3) is 3.01. The Hall–Kier alpha value is -1.00. The fourth-order valence-corrected chi connectivity index (χ4v) is 3.53. The Kier molecular flexibility index (Phi) is 4.32. The van der Waals surface area contributed by atoms with Gasteiger partial charge in [-0.1, -0.05) is 6.07 Å². The van der Waals surface area contributed by atoms with E-state index in [0.717, 1.165) is 38.4 Å². The van der Waals surface area contributed by atoms with E-state index < -0.39 is 11.6 Å². The van der Waals surface area contributed by atoms with Gasteiger partial charge in [0, 0.05) is 18.2 Å². The molecule has 1 N–H and O–H groups in total. The lowest BCUT2D eigenvalue weighted by atomic mass is 9.88. The van der Waals surface area contributed by atoms with E-state index in [2.05, 4.69) is 10.2 Å². The zero-order valence-corrected chi connectivity index (χ0v) is 11.7. The van der Waals surface area contributed by atoms with Crippen molar-refractivity contribution in [1.82, 2.24) is 10.2 Å². The minimum Gasteiger partial charge on any atom is -0.314 e. The summed E-state index contributed by atoms with van der Waals surface area (Å²) in [5.74, 6) is -0.117. The molecule has 2 nitrogen and oxygen atoms in total. The van der Waals surface area contributed by atoms with Crippen LogP contribution in [0.15, 0.2) is 18.2 Å². The first kappa shape index (κ1) is 14.0. The van der Waals surface area contributed by atoms with Crippen molar-refractivity contribution in [2.24, 2.45) is 5.92 Å². The number of nitrogens with zero attached hydrogens (tertiary/aromatic N) is 1. The highest BCUT2D eigenvalue weighted by Gasteiger charge is 2.28. The summed E-state index contributed by atoms with van der Waals surface area (Å²) in [5.41, 5.74) is 0.213. The molecule has 1 unspecified atom stereocenters. The number of likely N-dealkylation sites (tertiary alicyclic amines) is 1. The molecule has 3 rings (SSSR count). The van der Waals surface area contributed by atoms with Gasteiger partial charge in [-0.3, -0.25) is 4.90 Å². The summed E-state index contributed by atoms with van der Waals surface area (Å²) in [4.78, 5) is 2.17. The molecule has 20 heavy (non-hydrogen) atoms. The summed E-state index contributed by atoms with van der Waals surface area (Å²) in [6.45, 7) is 3.42. The van der Waals surface area contributed by atoms with E-state index >= 15 is 0 Å². The van der Waals surface area contributed by atoms with Crippen LogP contribution >= 0.6 is 0 Å². The number of hydrogen-bond acceptors (Lipinski definition) is 2. The second-order valence-corrected chi connectivity index (χ2v) is 6.02. The molecule has 0 radical (unpaired) electrons. The summed E-state index contributed by atoms with van der Waals surface area (Å²) >= 11 is 0. The zero-order chi connectivity index (χ0) is 13.9. The molecule has 1 aromatic rings. The topological polar surface area (TPSA) is 15.3 Å². The van der Waals surface area contributed by atoms with Gasteiger partial charge in [0.15, 0.2) is 0 Å². The molecule has 0 spiro atoms. The molecule has 0 amide bonds. The van der Waals surface area contributed by atoms with E-state index in [-0.39, 0.29) is 5.56 Å². The zero-order valence-electron chi connectivity index (χ0n) is 11.7. The minimum atomic E-state index is -0.426. The fraction of sp³-hybridized carbons (Fsp3) is 0.625. The van der Waals surface area contributed by atoms with Crippen molar-refractivity contribution in [2.75, 3.05) is 19.6 Å². The first-order valence-electron chi connectivity index (χ1n) is 7.62. The molecule has 1 aromatic carbocycles. The molecule has 0 aromatic heterocycles. The first-order chi connectivity index (χ1) is 9.74. The third-order valence-electron chi connectivity index (χ3n) is 4.74. The molecular formula is C16H22F2N2. The maximum absolute atomic E-state index is 13.7. The smallest absolute Gasteiger partial charge is 0.130 e. The lowest BCUT2D eigenvalue weighted by Crippen LogP contribution is -2.40. The molecular weight excluding hydrogens is 258 g/mol. The molecule has 2 aliphatic heterocycles. The van der Waals surface area contributed by atoms with E-state index in [4.69, 9.17) is 0 Å². The average Bonchev–Trinajstić information content (AvgIpc) is 2.98. The molecule has 0 aliphatic carbocycles. The molecule has 2 heterocycles. The highest BCUT2D eigenvalue weighted by molar-refractivity contribution is 5.19. The molecule has 4 heteroatoms. The maximum atomic E-state index is 13.7. The van der Waals surface area contributed by atoms with Gasteiger partial charge in [-0.25, -0.2) is 8.78 Å². The number of nitrogens with one attached hydrogen (secondary N) is 1. The summed E-state index contributed by atoms with van der Waals surface area (Å²) in [7, 11) is 0. The Morgan fingerprint density at radius 3 is 2.40 bits per heavy atom. The monoisotopic (exact) mass is 280 g/mol. The van der Waals surface area contributed by atoms with Crippen LogP contribution in [0.2, 0.25) is 0 Å². The van der Waals surface area contributed by atoms with E-state index in [1.165, 1.54) is 31.0 Å². The average molecular weight is 280 g/mol. The van der Waals surface area contributed by atoms with Gasteiger partial charge in [-0.05, 0) is 63.4 Å². The van der Waals surface area contributed by atoms with Crippen molar-refractivity contribution in [3.63, 3.8) is 0 Å². The van der Waals surface area contributed by atoms with E-state index in [1.54, 1.807) is 0 Å². The Morgan fingerprint density at radius 1 is 1.10 bits per heavy atom. The molecule has 2 aliphatic rings. The van der Waals surface area contributed by atoms with E-state index in [0.29, 0.717) is 12.6 Å². The highest BCUT2D eigenvalue weighted by atomic mass is 19.1. The number of halogens is 2. The largest absolute Gasteiger partial charge is 0.314 e. The van der Waals surface area contributed by atoms with Crippen molar-refractivity contribution >= 4 is 0 Å². The van der Waals surface area contributed by atoms with Crippen molar-refractivity contribution in [3.8, 4) is 0 Å². The third-order valence-corrected chi connectivity index (χ3v) is 4.74. The van der Waals surface area contributed by atoms with Gasteiger partial charge in [0.05, 0.1) is 0 Å². The van der Waals surface area contributed by atoms with Gasteiger partial charge >= 0.3 is 0 Å². The van der Waals surface area contributed by atoms with Gasteiger partial charge in [0.2, 0.25) is 0 Å². The first-order valence-corrected chi connectivity index (χ1v) is 7.62. The van der Waals surface area contributed by atoms with Gasteiger partial charge in [0.1, 0.15) is 11.6 Å². The van der Waals surface area contributed by atoms with Gasteiger partial charge in [-0.2, -0.15) is 0 Å². The second kappa shape index (κ2) is 6.19. The molecule has 110 valence electrons. The van der Waals surface area contributed by atoms with Crippen LogP contribution in [0, 0.1) is 17.6 Å². The molecule has 0 bridgehead atoms. The molecule has 1 atom stereocenters. The van der Waals surface area contributed by atoms with Crippen LogP contribution < -0.4 is 5.32 Å². The van der Waals surface area contributed by atoms with Crippen molar-refractivity contribution in [2.45, 2.75) is 38.3 Å². The Morgan fingerprint density at radius 2 is 1.80 bits per heavy atom. The molecule has 2 fully saturated rings. The van der Waals surface area contributed by atoms with Crippen LogP contribution in [0.3, 0.4) is 0 Å². The summed E-state index contributed by atoms with van der Waals surface area (Å²) in [6, 6.07) is 4.77. The lowest BCUT2D eigenvalue weighted by molar-refractivity contribution is 0.154. The number of rotatable bonds is 3. The van der Waals surface area contributed by atoms with Gasteiger partial charge in [-0.15, -0.1) is 0 Å². The Bertz CT molecular complexity index is 430. The van der Waals surface area contributed by atoms with Gasteiger partial charge in [0.25, 0.3) is 0 Å². The van der Waals surface area contributed by atoms with Crippen LogP contribution in [0.4, 0.5) is 8.78 Å². The SMILES string of the molecule is Fc1cccc(F)c1CN1CCC(C2CCCN2)CC1. The minimum absolute atomic E-state index is 0.213. The lowest BCUT2D eigenvalue weighted by Gasteiger charge is -2.35. The van der Waals surface area contributed by atoms with Crippen LogP contribution in [0.25, 0.3) is 0 Å². The number of benzene rings is 1. The number of piperidine rings is 1. The summed E-state index contributed by atoms with van der Waals surface area (Å²) < 4.78 is 27.3. The van der Waals surface area contributed by atoms with Crippen LogP contribution in [0.1, 0.15) is 31.2 Å². The van der Waals surface area contributed by atoms with E-state index in [9.17, 15) is 8.78 Å². The highest BCUT2D eigenvalue weighted by Crippen LogP contribution is 2.27. The van der Waals surface area contributed by atoms with Crippen molar-refractivity contribution in [3.05, 3.63) is 35.4 Å². The van der Waals surface area contributed by atoms with Crippen LogP contribution in [-0.4, -0.2) is 30.6 Å². The second-order valence-electron chi connectivity index (χ2n) is 6.02. The predicted molar refractivity (Wildman–Crippen MR) is 75.4 cm³/mol. The quantitative estimate of drug-likeness (QED) is 0.916. The molecule has 0 saturated carbocycles. The van der Waals surface area contributed by atoms with Crippen molar-refractivity contribution in [1.29, 1.82) is 0 Å². The van der Waals surface area contributed by atoms with E-state index in [1.807, 2.05) is 0 Å². The maximum Gasteiger partial charge on any atom is 0.130 e. The number of hydrogen-bond donors (Lipinski definition) is 1. The Balaban J connectivity index is 1.56. The summed E-state index contributed by atoms with van der Waals surface area (Å²) in [6.07, 6.45) is 4.83. The summed E-state index contributed by atoms with van der Waals surface area (Å²) in [5, 5.41) is 3.57. The Labute approximate surface area is 119 Å². The standard InChI is InChI=1S/C16H22F2N2/c17-14-3-1-4-15(18)13(14)11-20-9-6-12(7-10-20)16-5-2-8-19-16/h1,3-4,12,16,19H,2,5-11H2. The van der Waals surface area contributed by atoms with Crippen molar-refractivity contribution < 1.29 is 8.78 Å². The molecule has 2 saturated heterocycles. The van der Waals surface area contributed by atoms with Gasteiger partial charge < -0.3 is 5.32 Å². The predicted octanol–water partition coefficient (Wildman–Crippen LogP) is 2.93. The fourth-order valence-electron chi connectivity index (χ4n) is 3.53.